The third kappa shape index (κ3) is 3.95. The molecule has 0 aliphatic carbocycles. The molecule has 0 saturated heterocycles. The second-order valence-electron chi connectivity index (χ2n) is 8.91. The number of benzene rings is 4. The van der Waals surface area contributed by atoms with Gasteiger partial charge in [-0.3, -0.25) is 4.99 Å². The molecule has 0 bridgehead atoms. The fourth-order valence-electron chi connectivity index (χ4n) is 4.32. The van der Waals surface area contributed by atoms with E-state index in [0.29, 0.717) is 5.69 Å². The van der Waals surface area contributed by atoms with Crippen molar-refractivity contribution >= 4 is 34.5 Å². The van der Waals surface area contributed by atoms with Crippen LogP contribution in [-0.2, 0) is 5.41 Å². The molecule has 0 aromatic heterocycles. The molecular formula is C30H26N2O2. The Hall–Kier alpha value is -4.31. The molecule has 0 saturated carbocycles. The van der Waals surface area contributed by atoms with Crippen LogP contribution in [0.15, 0.2) is 108 Å². The summed E-state index contributed by atoms with van der Waals surface area (Å²) in [6.07, 6.45) is 4.06. The number of rotatable bonds is 5. The minimum absolute atomic E-state index is 0.121. The van der Waals surface area contributed by atoms with E-state index in [9.17, 15) is 10.2 Å². The van der Waals surface area contributed by atoms with E-state index in [0.717, 1.165) is 33.9 Å². The topological polar surface area (TPSA) is 56.1 Å². The number of aromatic hydroxyl groups is 2. The average Bonchev–Trinajstić information content (AvgIpc) is 3.09. The summed E-state index contributed by atoms with van der Waals surface area (Å²) < 4.78 is 0. The van der Waals surface area contributed by atoms with Crippen LogP contribution in [0.1, 0.15) is 25.0 Å². The molecule has 1 aliphatic heterocycles. The molecule has 0 atom stereocenters. The Labute approximate surface area is 199 Å². The fraction of sp³-hybridized carbons (Fsp3) is 0.100. The van der Waals surface area contributed by atoms with Crippen LogP contribution in [0.2, 0.25) is 0 Å². The summed E-state index contributed by atoms with van der Waals surface area (Å²) in [6.45, 7) is 4.14. The van der Waals surface area contributed by atoms with Crippen molar-refractivity contribution in [1.82, 2.24) is 0 Å². The molecule has 4 nitrogen and oxygen atoms in total. The number of phenolic OH excluding ortho intramolecular Hbond substituents is 2. The molecule has 5 rings (SSSR count). The summed E-state index contributed by atoms with van der Waals surface area (Å²) in [5, 5.41) is 19.8. The maximum Gasteiger partial charge on any atom is 0.159 e. The summed E-state index contributed by atoms with van der Waals surface area (Å²) in [5.74, 6) is -0.273. The zero-order valence-electron chi connectivity index (χ0n) is 19.2. The molecule has 0 unspecified atom stereocenters. The Morgan fingerprint density at radius 2 is 1.21 bits per heavy atom. The standard InChI is InChI=1S/C30H26N2O2/c1-30(2)25-19-27(33)28(34)20-26(25)31-29(30)18-15-21-13-16-24(17-14-21)32(22-9-5-3-6-10-22)23-11-7-4-8-12-23/h3-20,33-34H,1-2H3. The summed E-state index contributed by atoms with van der Waals surface area (Å²) in [7, 11) is 0. The van der Waals surface area contributed by atoms with E-state index in [2.05, 4.69) is 67.3 Å². The van der Waals surface area contributed by atoms with Crippen molar-refractivity contribution < 1.29 is 10.2 Å². The number of anilines is 3. The Bertz CT molecular complexity index is 1330. The first-order chi connectivity index (χ1) is 16.4. The van der Waals surface area contributed by atoms with Crippen molar-refractivity contribution in [2.24, 2.45) is 4.99 Å². The van der Waals surface area contributed by atoms with E-state index in [-0.39, 0.29) is 16.9 Å². The lowest BCUT2D eigenvalue weighted by Gasteiger charge is -2.25. The van der Waals surface area contributed by atoms with Gasteiger partial charge in [0.25, 0.3) is 0 Å². The maximum absolute atomic E-state index is 9.92. The molecular weight excluding hydrogens is 420 g/mol. The first-order valence-electron chi connectivity index (χ1n) is 11.3. The number of aliphatic imine (C=N–C) groups is 1. The molecule has 34 heavy (non-hydrogen) atoms. The Balaban J connectivity index is 1.43. The molecule has 4 heteroatoms. The first-order valence-corrected chi connectivity index (χ1v) is 11.3. The van der Waals surface area contributed by atoms with E-state index in [1.165, 1.54) is 6.07 Å². The van der Waals surface area contributed by atoms with Crippen molar-refractivity contribution in [2.75, 3.05) is 4.90 Å². The molecule has 2 N–H and O–H groups in total. The molecule has 1 heterocycles. The number of fused-ring (bicyclic) bond motifs is 1. The van der Waals surface area contributed by atoms with Crippen molar-refractivity contribution in [3.8, 4) is 11.5 Å². The van der Waals surface area contributed by atoms with Gasteiger partial charge in [0, 0.05) is 28.5 Å². The Kier molecular flexibility index (Phi) is 5.42. The highest BCUT2D eigenvalue weighted by Crippen LogP contribution is 2.45. The molecule has 0 spiro atoms. The van der Waals surface area contributed by atoms with Gasteiger partial charge in [0.2, 0.25) is 0 Å². The smallest absolute Gasteiger partial charge is 0.159 e. The van der Waals surface area contributed by atoms with Crippen LogP contribution in [0, 0.1) is 0 Å². The second-order valence-corrected chi connectivity index (χ2v) is 8.91. The van der Waals surface area contributed by atoms with Crippen LogP contribution < -0.4 is 4.90 Å². The Morgan fingerprint density at radius 3 is 1.79 bits per heavy atom. The van der Waals surface area contributed by atoms with Crippen LogP contribution in [0.25, 0.3) is 6.08 Å². The number of para-hydroxylation sites is 2. The van der Waals surface area contributed by atoms with Crippen molar-refractivity contribution in [3.63, 3.8) is 0 Å². The van der Waals surface area contributed by atoms with Crippen LogP contribution in [0.5, 0.6) is 11.5 Å². The summed E-state index contributed by atoms with van der Waals surface area (Å²) >= 11 is 0. The van der Waals surface area contributed by atoms with Gasteiger partial charge in [-0.15, -0.1) is 0 Å². The van der Waals surface area contributed by atoms with Gasteiger partial charge < -0.3 is 15.1 Å². The Morgan fingerprint density at radius 1 is 0.676 bits per heavy atom. The number of hydrogen-bond donors (Lipinski definition) is 2. The number of phenols is 2. The third-order valence-electron chi connectivity index (χ3n) is 6.26. The number of nitrogens with zero attached hydrogens (tertiary/aromatic N) is 2. The van der Waals surface area contributed by atoms with Crippen LogP contribution >= 0.6 is 0 Å². The van der Waals surface area contributed by atoms with Gasteiger partial charge in [-0.05, 0) is 59.7 Å². The predicted molar refractivity (Wildman–Crippen MR) is 140 cm³/mol. The highest BCUT2D eigenvalue weighted by atomic mass is 16.3. The molecule has 168 valence electrons. The van der Waals surface area contributed by atoms with Gasteiger partial charge in [-0.25, -0.2) is 0 Å². The van der Waals surface area contributed by atoms with E-state index >= 15 is 0 Å². The zero-order valence-corrected chi connectivity index (χ0v) is 19.2. The summed E-state index contributed by atoms with van der Waals surface area (Å²) in [4.78, 5) is 6.93. The molecule has 0 amide bonds. The van der Waals surface area contributed by atoms with Gasteiger partial charge in [-0.1, -0.05) is 68.5 Å². The van der Waals surface area contributed by atoms with Gasteiger partial charge in [0.05, 0.1) is 11.4 Å². The minimum atomic E-state index is -0.367. The molecule has 0 radical (unpaired) electrons. The lowest BCUT2D eigenvalue weighted by Crippen LogP contribution is -2.23. The van der Waals surface area contributed by atoms with E-state index in [1.54, 1.807) is 6.07 Å². The van der Waals surface area contributed by atoms with Crippen molar-refractivity contribution in [2.45, 2.75) is 19.3 Å². The lowest BCUT2D eigenvalue weighted by atomic mass is 9.81. The van der Waals surface area contributed by atoms with Gasteiger partial charge in [-0.2, -0.15) is 0 Å². The van der Waals surface area contributed by atoms with Gasteiger partial charge >= 0.3 is 0 Å². The molecule has 4 aromatic rings. The number of allylic oxidation sites excluding steroid dienone is 1. The maximum atomic E-state index is 9.92. The molecule has 4 aromatic carbocycles. The van der Waals surface area contributed by atoms with Crippen molar-refractivity contribution in [3.05, 3.63) is 114 Å². The highest BCUT2D eigenvalue weighted by molar-refractivity contribution is 6.10. The third-order valence-corrected chi connectivity index (χ3v) is 6.26. The van der Waals surface area contributed by atoms with Gasteiger partial charge in [0.1, 0.15) is 0 Å². The second kappa shape index (κ2) is 8.56. The predicted octanol–water partition coefficient (Wildman–Crippen LogP) is 7.64. The van der Waals surface area contributed by atoms with E-state index < -0.39 is 0 Å². The van der Waals surface area contributed by atoms with Crippen LogP contribution in [-0.4, -0.2) is 15.9 Å². The fourth-order valence-corrected chi connectivity index (χ4v) is 4.32. The average molecular weight is 447 g/mol. The van der Waals surface area contributed by atoms with Crippen LogP contribution in [0.4, 0.5) is 22.7 Å². The quantitative estimate of drug-likeness (QED) is 0.310. The lowest BCUT2D eigenvalue weighted by molar-refractivity contribution is 0.403. The van der Waals surface area contributed by atoms with Crippen molar-refractivity contribution in [1.29, 1.82) is 0 Å². The first kappa shape index (κ1) is 21.5. The van der Waals surface area contributed by atoms with Crippen LogP contribution in [0.3, 0.4) is 0 Å². The monoisotopic (exact) mass is 446 g/mol. The van der Waals surface area contributed by atoms with Gasteiger partial charge in [0.15, 0.2) is 11.5 Å². The highest BCUT2D eigenvalue weighted by Gasteiger charge is 2.34. The molecule has 0 fully saturated rings. The SMILES string of the molecule is CC1(C)C(C=Cc2ccc(N(c3ccccc3)c3ccccc3)cc2)=Nc2cc(O)c(O)cc21. The van der Waals surface area contributed by atoms with E-state index in [4.69, 9.17) is 4.99 Å². The minimum Gasteiger partial charge on any atom is -0.504 e. The normalized spacial score (nSPS) is 14.1. The largest absolute Gasteiger partial charge is 0.504 e. The summed E-state index contributed by atoms with van der Waals surface area (Å²) in [6, 6.07) is 32.2. The number of hydrogen-bond acceptors (Lipinski definition) is 4. The molecule has 1 aliphatic rings. The zero-order chi connectivity index (χ0) is 23.7. The summed E-state index contributed by atoms with van der Waals surface area (Å²) in [5.41, 5.74) is 6.44. The van der Waals surface area contributed by atoms with E-state index in [1.807, 2.05) is 48.6 Å².